The summed E-state index contributed by atoms with van der Waals surface area (Å²) < 4.78 is 6.38. The Morgan fingerprint density at radius 3 is 2.50 bits per heavy atom. The van der Waals surface area contributed by atoms with Crippen LogP contribution in [-0.2, 0) is 10.3 Å². The molecule has 0 atom stereocenters. The Balaban J connectivity index is 2.60. The van der Waals surface area contributed by atoms with Gasteiger partial charge < -0.3 is 9.72 Å². The van der Waals surface area contributed by atoms with Crippen LogP contribution in [0.5, 0.6) is 0 Å². The molecule has 0 aliphatic carbocycles. The second-order valence-corrected chi connectivity index (χ2v) is 5.59. The van der Waals surface area contributed by atoms with Crippen LogP contribution in [0.25, 0.3) is 11.3 Å². The lowest BCUT2D eigenvalue weighted by Crippen LogP contribution is -2.25. The first-order valence-corrected chi connectivity index (χ1v) is 7.17. The van der Waals surface area contributed by atoms with Crippen LogP contribution in [-0.4, -0.2) is 16.6 Å². The van der Waals surface area contributed by atoms with E-state index in [4.69, 9.17) is 17.0 Å². The Labute approximate surface area is 125 Å². The van der Waals surface area contributed by atoms with Crippen LogP contribution in [0.1, 0.15) is 32.2 Å². The van der Waals surface area contributed by atoms with Crippen LogP contribution in [0.2, 0.25) is 0 Å². The van der Waals surface area contributed by atoms with Crippen LogP contribution >= 0.6 is 12.2 Å². The third-order valence-corrected chi connectivity index (χ3v) is 3.69. The Bertz CT molecular complexity index is 647. The fourth-order valence-corrected chi connectivity index (χ4v) is 2.33. The molecule has 0 saturated carbocycles. The van der Waals surface area contributed by atoms with Crippen molar-refractivity contribution in [3.05, 3.63) is 46.4 Å². The lowest BCUT2D eigenvalue weighted by molar-refractivity contribution is -0.0208. The van der Waals surface area contributed by atoms with Gasteiger partial charge in [0.15, 0.2) is 0 Å². The first-order valence-electron chi connectivity index (χ1n) is 6.76. The summed E-state index contributed by atoms with van der Waals surface area (Å²) in [7, 11) is 0. The first kappa shape index (κ1) is 14.9. The highest BCUT2D eigenvalue weighted by molar-refractivity contribution is 7.71. The van der Waals surface area contributed by atoms with Gasteiger partial charge in [-0.3, -0.25) is 0 Å². The molecule has 3 nitrogen and oxygen atoms in total. The molecular formula is C16H20N2OS. The second-order valence-electron chi connectivity index (χ2n) is 5.20. The topological polar surface area (TPSA) is 37.9 Å². The van der Waals surface area contributed by atoms with Gasteiger partial charge in [-0.15, -0.1) is 0 Å². The molecule has 2 aromatic rings. The van der Waals surface area contributed by atoms with Crippen LogP contribution in [0.3, 0.4) is 0 Å². The highest BCUT2D eigenvalue weighted by atomic mass is 32.1. The minimum Gasteiger partial charge on any atom is -0.368 e. The minimum absolute atomic E-state index is 0.487. The van der Waals surface area contributed by atoms with E-state index in [2.05, 4.69) is 22.1 Å². The zero-order valence-corrected chi connectivity index (χ0v) is 13.2. The van der Waals surface area contributed by atoms with Crippen molar-refractivity contribution in [2.45, 2.75) is 33.3 Å². The lowest BCUT2D eigenvalue weighted by atomic mass is 10.1. The van der Waals surface area contributed by atoms with Crippen molar-refractivity contribution in [1.29, 1.82) is 0 Å². The Kier molecular flexibility index (Phi) is 4.35. The number of hydrogen-bond acceptors (Lipinski definition) is 3. The van der Waals surface area contributed by atoms with Crippen molar-refractivity contribution in [2.24, 2.45) is 0 Å². The molecule has 1 aromatic carbocycles. The standard InChI is InChI=1S/C16H20N2OS/c1-5-19-16(3,4)15-17-13(11(2)14(20)18-15)12-9-7-6-8-10-12/h6-10H,5H2,1-4H3,(H,17,18,20). The van der Waals surface area contributed by atoms with Gasteiger partial charge in [-0.05, 0) is 33.3 Å². The molecule has 0 saturated heterocycles. The molecule has 0 aliphatic rings. The van der Waals surface area contributed by atoms with Gasteiger partial charge in [0.25, 0.3) is 0 Å². The van der Waals surface area contributed by atoms with Crippen molar-refractivity contribution in [3.63, 3.8) is 0 Å². The number of nitrogens with zero attached hydrogens (tertiary/aromatic N) is 1. The summed E-state index contributed by atoms with van der Waals surface area (Å²) in [5.74, 6) is 0.758. The molecule has 0 spiro atoms. The summed E-state index contributed by atoms with van der Waals surface area (Å²) in [5, 5.41) is 0. The third kappa shape index (κ3) is 2.97. The van der Waals surface area contributed by atoms with Gasteiger partial charge in [0, 0.05) is 12.2 Å². The van der Waals surface area contributed by atoms with E-state index < -0.39 is 5.60 Å². The van der Waals surface area contributed by atoms with E-state index in [9.17, 15) is 0 Å². The molecule has 106 valence electrons. The Hall–Kier alpha value is -1.52. The van der Waals surface area contributed by atoms with Crippen molar-refractivity contribution in [3.8, 4) is 11.3 Å². The third-order valence-electron chi connectivity index (χ3n) is 3.29. The van der Waals surface area contributed by atoms with E-state index in [0.29, 0.717) is 11.2 Å². The molecule has 1 N–H and O–H groups in total. The maximum atomic E-state index is 5.76. The number of rotatable bonds is 4. The summed E-state index contributed by atoms with van der Waals surface area (Å²) in [6, 6.07) is 10.1. The van der Waals surface area contributed by atoms with Crippen molar-refractivity contribution >= 4 is 12.2 Å². The van der Waals surface area contributed by atoms with Gasteiger partial charge in [0.1, 0.15) is 16.1 Å². The molecular weight excluding hydrogens is 268 g/mol. The molecule has 1 heterocycles. The summed E-state index contributed by atoms with van der Waals surface area (Å²) in [4.78, 5) is 7.88. The number of aromatic amines is 1. The van der Waals surface area contributed by atoms with Gasteiger partial charge in [-0.25, -0.2) is 4.98 Å². The number of ether oxygens (including phenoxy) is 1. The second kappa shape index (κ2) is 5.85. The maximum absolute atomic E-state index is 5.76. The van der Waals surface area contributed by atoms with Gasteiger partial charge in [0.05, 0.1) is 5.69 Å². The predicted octanol–water partition coefficient (Wildman–Crippen LogP) is 4.39. The molecule has 0 fully saturated rings. The predicted molar refractivity (Wildman–Crippen MR) is 84.2 cm³/mol. The first-order chi connectivity index (χ1) is 9.45. The number of nitrogens with one attached hydrogen (secondary N) is 1. The van der Waals surface area contributed by atoms with Gasteiger partial charge in [-0.2, -0.15) is 0 Å². The van der Waals surface area contributed by atoms with Crippen LogP contribution < -0.4 is 0 Å². The molecule has 1 aromatic heterocycles. The van der Waals surface area contributed by atoms with Crippen LogP contribution in [0, 0.1) is 11.6 Å². The number of hydrogen-bond donors (Lipinski definition) is 1. The molecule has 0 radical (unpaired) electrons. The largest absolute Gasteiger partial charge is 0.368 e. The molecule has 0 amide bonds. The fraction of sp³-hybridized carbons (Fsp3) is 0.375. The molecule has 2 rings (SSSR count). The normalized spacial score (nSPS) is 11.6. The molecule has 0 unspecified atom stereocenters. The zero-order valence-electron chi connectivity index (χ0n) is 12.4. The fourth-order valence-electron chi connectivity index (χ4n) is 2.14. The number of H-pyrrole nitrogens is 1. The number of aromatic nitrogens is 2. The Morgan fingerprint density at radius 2 is 1.90 bits per heavy atom. The van der Waals surface area contributed by atoms with E-state index in [1.807, 2.05) is 45.9 Å². The van der Waals surface area contributed by atoms with E-state index in [1.54, 1.807) is 0 Å². The molecule has 4 heteroatoms. The minimum atomic E-state index is -0.487. The Morgan fingerprint density at radius 1 is 1.25 bits per heavy atom. The average Bonchev–Trinajstić information content (AvgIpc) is 2.42. The number of benzene rings is 1. The van der Waals surface area contributed by atoms with E-state index >= 15 is 0 Å². The van der Waals surface area contributed by atoms with Gasteiger partial charge in [0.2, 0.25) is 0 Å². The summed E-state index contributed by atoms with van der Waals surface area (Å²) >= 11 is 5.39. The average molecular weight is 288 g/mol. The summed E-state index contributed by atoms with van der Waals surface area (Å²) in [6.07, 6.45) is 0. The van der Waals surface area contributed by atoms with E-state index in [-0.39, 0.29) is 0 Å². The molecule has 20 heavy (non-hydrogen) atoms. The molecule has 0 aliphatic heterocycles. The van der Waals surface area contributed by atoms with E-state index in [1.165, 1.54) is 0 Å². The van der Waals surface area contributed by atoms with Crippen LogP contribution in [0.4, 0.5) is 0 Å². The zero-order chi connectivity index (χ0) is 14.8. The summed E-state index contributed by atoms with van der Waals surface area (Å²) in [5.41, 5.74) is 2.61. The maximum Gasteiger partial charge on any atom is 0.139 e. The monoisotopic (exact) mass is 288 g/mol. The summed E-state index contributed by atoms with van der Waals surface area (Å²) in [6.45, 7) is 8.58. The van der Waals surface area contributed by atoms with Crippen molar-refractivity contribution in [1.82, 2.24) is 9.97 Å². The van der Waals surface area contributed by atoms with Crippen LogP contribution in [0.15, 0.2) is 30.3 Å². The quantitative estimate of drug-likeness (QED) is 0.848. The SMILES string of the molecule is CCOC(C)(C)c1nc(=S)c(C)c(-c2ccccc2)[nH]1. The highest BCUT2D eigenvalue weighted by Crippen LogP contribution is 2.26. The van der Waals surface area contributed by atoms with Crippen molar-refractivity contribution < 1.29 is 4.74 Å². The highest BCUT2D eigenvalue weighted by Gasteiger charge is 2.24. The molecule has 0 bridgehead atoms. The van der Waals surface area contributed by atoms with Crippen molar-refractivity contribution in [2.75, 3.05) is 6.61 Å². The van der Waals surface area contributed by atoms with Gasteiger partial charge in [-0.1, -0.05) is 42.5 Å². The lowest BCUT2D eigenvalue weighted by Gasteiger charge is -2.24. The smallest absolute Gasteiger partial charge is 0.139 e. The van der Waals surface area contributed by atoms with E-state index in [0.717, 1.165) is 22.6 Å². The van der Waals surface area contributed by atoms with Gasteiger partial charge >= 0.3 is 0 Å².